The third kappa shape index (κ3) is 5.72. The zero-order valence-electron chi connectivity index (χ0n) is 26.6. The summed E-state index contributed by atoms with van der Waals surface area (Å²) in [6.07, 6.45) is 7.58. The molecule has 2 aromatic carbocycles. The molecule has 1 aromatic heterocycles. The lowest BCUT2D eigenvalue weighted by Crippen LogP contribution is -2.49. The highest BCUT2D eigenvalue weighted by Crippen LogP contribution is 2.45. The molecule has 1 saturated carbocycles. The fourth-order valence-corrected chi connectivity index (χ4v) is 7.49. The molecule has 1 saturated heterocycles. The fourth-order valence-electron chi connectivity index (χ4n) is 7.49. The van der Waals surface area contributed by atoms with Gasteiger partial charge in [0.25, 0.3) is 5.91 Å². The molecule has 6 rings (SSSR count). The van der Waals surface area contributed by atoms with Crippen LogP contribution in [0.2, 0.25) is 0 Å². The van der Waals surface area contributed by atoms with E-state index in [4.69, 9.17) is 14.2 Å². The minimum atomic E-state index is -0.368. The number of nitrogens with zero attached hydrogens (tertiary/aromatic N) is 3. The molecular weight excluding hydrogens is 554 g/mol. The molecule has 234 valence electrons. The van der Waals surface area contributed by atoms with Gasteiger partial charge in [0.1, 0.15) is 0 Å². The lowest BCUT2D eigenvalue weighted by Gasteiger charge is -2.37. The Morgan fingerprint density at radius 2 is 1.64 bits per heavy atom. The monoisotopic (exact) mass is 599 g/mol. The first kappa shape index (κ1) is 30.3. The highest BCUT2D eigenvalue weighted by atomic mass is 16.5. The van der Waals surface area contributed by atoms with Gasteiger partial charge in [0.2, 0.25) is 0 Å². The van der Waals surface area contributed by atoms with Crippen molar-refractivity contribution >= 4 is 11.9 Å². The Labute approximate surface area is 260 Å². The predicted molar refractivity (Wildman–Crippen MR) is 172 cm³/mol. The number of ether oxygens (including phenoxy) is 3. The van der Waals surface area contributed by atoms with Crippen molar-refractivity contribution in [2.75, 3.05) is 53.6 Å². The number of methoxy groups -OCH3 is 2. The van der Waals surface area contributed by atoms with Gasteiger partial charge in [0.05, 0.1) is 32.1 Å². The van der Waals surface area contributed by atoms with E-state index in [0.29, 0.717) is 22.6 Å². The van der Waals surface area contributed by atoms with E-state index in [2.05, 4.69) is 9.47 Å². The number of hydrogen-bond donors (Lipinski definition) is 0. The van der Waals surface area contributed by atoms with Crippen molar-refractivity contribution < 1.29 is 23.8 Å². The van der Waals surface area contributed by atoms with Gasteiger partial charge in [-0.25, -0.2) is 4.79 Å². The molecular formula is C36H45N3O5. The molecule has 44 heavy (non-hydrogen) atoms. The summed E-state index contributed by atoms with van der Waals surface area (Å²) < 4.78 is 19.0. The van der Waals surface area contributed by atoms with Crippen molar-refractivity contribution in [1.82, 2.24) is 14.4 Å². The summed E-state index contributed by atoms with van der Waals surface area (Å²) in [4.78, 5) is 32.0. The van der Waals surface area contributed by atoms with Gasteiger partial charge < -0.3 is 23.7 Å². The van der Waals surface area contributed by atoms with E-state index in [9.17, 15) is 9.59 Å². The number of hydrogen-bond acceptors (Lipinski definition) is 6. The third-order valence-electron chi connectivity index (χ3n) is 9.77. The number of benzene rings is 2. The number of carbonyl (C=O) groups excluding carboxylic acids is 2. The second kappa shape index (κ2) is 13.1. The zero-order valence-corrected chi connectivity index (χ0v) is 26.6. The summed E-state index contributed by atoms with van der Waals surface area (Å²) >= 11 is 0. The first-order valence-corrected chi connectivity index (χ1v) is 16.2. The van der Waals surface area contributed by atoms with Crippen LogP contribution in [0.15, 0.2) is 36.4 Å². The van der Waals surface area contributed by atoms with Crippen LogP contribution in [0.3, 0.4) is 0 Å². The van der Waals surface area contributed by atoms with Crippen LogP contribution in [0.1, 0.15) is 71.0 Å². The normalized spacial score (nSPS) is 17.1. The molecule has 2 fully saturated rings. The van der Waals surface area contributed by atoms with Gasteiger partial charge >= 0.3 is 5.97 Å². The highest BCUT2D eigenvalue weighted by Gasteiger charge is 2.33. The van der Waals surface area contributed by atoms with E-state index in [1.54, 1.807) is 14.2 Å². The second-order valence-electron chi connectivity index (χ2n) is 12.3. The standard InChI is InChI=1S/C36H45N3O5/c1-5-44-36(41)33-32(24(2)39-15-14-26-21-30(42-3)31(43-4)22-29(26)34(33)39)27-12-9-13-28(20-27)35(40)38-18-16-37(17-19-38)23-25-10-7-6-8-11-25/h9,12-13,20-22,25H,5-8,10-11,14-19,23H2,1-4H3. The molecule has 0 radical (unpaired) electrons. The Morgan fingerprint density at radius 3 is 2.34 bits per heavy atom. The average molecular weight is 600 g/mol. The number of piperazine rings is 1. The van der Waals surface area contributed by atoms with E-state index >= 15 is 0 Å². The summed E-state index contributed by atoms with van der Waals surface area (Å²) in [6, 6.07) is 11.7. The average Bonchev–Trinajstić information content (AvgIpc) is 3.37. The van der Waals surface area contributed by atoms with Crippen molar-refractivity contribution in [3.8, 4) is 33.9 Å². The van der Waals surface area contributed by atoms with Gasteiger partial charge in [-0.2, -0.15) is 0 Å². The van der Waals surface area contributed by atoms with Gasteiger partial charge in [-0.1, -0.05) is 31.4 Å². The van der Waals surface area contributed by atoms with Gasteiger partial charge in [0.15, 0.2) is 11.5 Å². The van der Waals surface area contributed by atoms with E-state index in [0.717, 1.165) is 85.2 Å². The molecule has 0 spiro atoms. The summed E-state index contributed by atoms with van der Waals surface area (Å²) in [5, 5.41) is 0. The molecule has 0 atom stereocenters. The van der Waals surface area contributed by atoms with E-state index in [-0.39, 0.29) is 18.5 Å². The Morgan fingerprint density at radius 1 is 0.909 bits per heavy atom. The van der Waals surface area contributed by atoms with Gasteiger partial charge in [-0.3, -0.25) is 9.69 Å². The molecule has 0 bridgehead atoms. The van der Waals surface area contributed by atoms with Crippen LogP contribution < -0.4 is 9.47 Å². The number of esters is 1. The molecule has 1 aliphatic carbocycles. The van der Waals surface area contributed by atoms with Crippen molar-refractivity contribution in [3.05, 3.63) is 58.8 Å². The SMILES string of the molecule is CCOC(=O)c1c(-c2cccc(C(=O)N3CCN(CC4CCCCC4)CC3)c2)c(C)n2c1-c1cc(OC)c(OC)cc1CC2. The molecule has 3 aromatic rings. The molecule has 3 heterocycles. The van der Waals surface area contributed by atoms with E-state index in [1.165, 1.54) is 32.1 Å². The smallest absolute Gasteiger partial charge is 0.340 e. The first-order valence-electron chi connectivity index (χ1n) is 16.2. The number of fused-ring (bicyclic) bond motifs is 3. The van der Waals surface area contributed by atoms with Crippen LogP contribution in [0.5, 0.6) is 11.5 Å². The Balaban J connectivity index is 1.31. The summed E-state index contributed by atoms with van der Waals surface area (Å²) in [5.41, 5.74) is 6.66. The topological polar surface area (TPSA) is 73.2 Å². The Hall–Kier alpha value is -3.78. The highest BCUT2D eigenvalue weighted by molar-refractivity contribution is 6.06. The van der Waals surface area contributed by atoms with Crippen LogP contribution in [-0.2, 0) is 17.7 Å². The van der Waals surface area contributed by atoms with Gasteiger partial charge in [-0.15, -0.1) is 0 Å². The minimum Gasteiger partial charge on any atom is -0.493 e. The lowest BCUT2D eigenvalue weighted by atomic mass is 9.89. The van der Waals surface area contributed by atoms with Crippen LogP contribution >= 0.6 is 0 Å². The van der Waals surface area contributed by atoms with Crippen LogP contribution in [0.4, 0.5) is 0 Å². The Kier molecular flexibility index (Phi) is 8.98. The van der Waals surface area contributed by atoms with E-state index < -0.39 is 0 Å². The second-order valence-corrected chi connectivity index (χ2v) is 12.3. The summed E-state index contributed by atoms with van der Waals surface area (Å²) in [7, 11) is 3.25. The van der Waals surface area contributed by atoms with Gasteiger partial charge in [0, 0.05) is 61.7 Å². The lowest BCUT2D eigenvalue weighted by molar-refractivity contribution is 0.0527. The quantitative estimate of drug-likeness (QED) is 0.287. The molecule has 8 heteroatoms. The number of aromatic nitrogens is 1. The van der Waals surface area contributed by atoms with Crippen molar-refractivity contribution in [1.29, 1.82) is 0 Å². The Bertz CT molecular complexity index is 1530. The number of rotatable bonds is 8. The molecule has 0 unspecified atom stereocenters. The number of amides is 1. The summed E-state index contributed by atoms with van der Waals surface area (Å²) in [5.74, 6) is 1.77. The van der Waals surface area contributed by atoms with Gasteiger partial charge in [-0.05, 0) is 74.4 Å². The maximum Gasteiger partial charge on any atom is 0.340 e. The molecule has 1 amide bonds. The molecule has 3 aliphatic rings. The molecule has 2 aliphatic heterocycles. The fraction of sp³-hybridized carbons (Fsp3) is 0.500. The predicted octanol–water partition coefficient (Wildman–Crippen LogP) is 6.22. The minimum absolute atomic E-state index is 0.0469. The van der Waals surface area contributed by atoms with Crippen molar-refractivity contribution in [2.24, 2.45) is 5.92 Å². The van der Waals surface area contributed by atoms with Crippen LogP contribution in [0, 0.1) is 12.8 Å². The zero-order chi connectivity index (χ0) is 30.8. The largest absolute Gasteiger partial charge is 0.493 e. The van der Waals surface area contributed by atoms with E-state index in [1.807, 2.05) is 55.1 Å². The number of aryl methyl sites for hydroxylation is 1. The number of carbonyl (C=O) groups is 2. The maximum absolute atomic E-state index is 13.8. The maximum atomic E-state index is 13.8. The third-order valence-corrected chi connectivity index (χ3v) is 9.77. The summed E-state index contributed by atoms with van der Waals surface area (Å²) in [6.45, 7) is 9.36. The molecule has 8 nitrogen and oxygen atoms in total. The van der Waals surface area contributed by atoms with Crippen molar-refractivity contribution in [3.63, 3.8) is 0 Å². The van der Waals surface area contributed by atoms with Crippen molar-refractivity contribution in [2.45, 2.75) is 58.9 Å². The van der Waals surface area contributed by atoms with Crippen LogP contribution in [-0.4, -0.2) is 79.8 Å². The van der Waals surface area contributed by atoms with Crippen LogP contribution in [0.25, 0.3) is 22.4 Å². The molecule has 0 N–H and O–H groups in total. The first-order chi connectivity index (χ1) is 21.4.